The van der Waals surface area contributed by atoms with Gasteiger partial charge < -0.3 is 10.6 Å². The molecule has 0 fully saturated rings. The van der Waals surface area contributed by atoms with Crippen LogP contribution in [0, 0.1) is 0 Å². The van der Waals surface area contributed by atoms with E-state index in [0.29, 0.717) is 5.69 Å². The van der Waals surface area contributed by atoms with Gasteiger partial charge in [0.2, 0.25) is 0 Å². The number of amides is 1. The molecule has 0 bridgehead atoms. The summed E-state index contributed by atoms with van der Waals surface area (Å²) in [6.45, 7) is 9.36. The van der Waals surface area contributed by atoms with Crippen LogP contribution in [-0.2, 0) is 0 Å². The van der Waals surface area contributed by atoms with E-state index < -0.39 is 0 Å². The molecule has 1 aromatic heterocycles. The van der Waals surface area contributed by atoms with Crippen LogP contribution in [0.5, 0.6) is 0 Å². The summed E-state index contributed by atoms with van der Waals surface area (Å²) in [5, 5.41) is 6.38. The number of hydrogen-bond donors (Lipinski definition) is 2. The number of hydrogen-bond acceptors (Lipinski definition) is 3. The predicted octanol–water partition coefficient (Wildman–Crippen LogP) is 3.60. The molecule has 0 saturated heterocycles. The molecule has 0 aliphatic rings. The van der Waals surface area contributed by atoms with Gasteiger partial charge in [0.15, 0.2) is 0 Å². The van der Waals surface area contributed by atoms with Crippen molar-refractivity contribution in [3.05, 3.63) is 24.0 Å². The maximum atomic E-state index is 12.3. The number of rotatable bonds is 8. The molecule has 0 atom stereocenters. The van der Waals surface area contributed by atoms with Crippen molar-refractivity contribution in [3.63, 3.8) is 0 Å². The SMILES string of the molecule is CCCNc1ccc(C(=O)NC(CC)(CC)CC)nc1. The Hall–Kier alpha value is -1.58. The van der Waals surface area contributed by atoms with E-state index in [1.165, 1.54) is 0 Å². The summed E-state index contributed by atoms with van der Waals surface area (Å²) >= 11 is 0. The average molecular weight is 277 g/mol. The van der Waals surface area contributed by atoms with Gasteiger partial charge in [-0.2, -0.15) is 0 Å². The molecule has 4 heteroatoms. The van der Waals surface area contributed by atoms with E-state index in [-0.39, 0.29) is 11.4 Å². The molecule has 1 amide bonds. The molecule has 2 N–H and O–H groups in total. The van der Waals surface area contributed by atoms with Crippen LogP contribution in [0.15, 0.2) is 18.3 Å². The van der Waals surface area contributed by atoms with Gasteiger partial charge in [-0.15, -0.1) is 0 Å². The van der Waals surface area contributed by atoms with Crippen molar-refractivity contribution < 1.29 is 4.79 Å². The van der Waals surface area contributed by atoms with Crippen LogP contribution in [0.1, 0.15) is 63.9 Å². The lowest BCUT2D eigenvalue weighted by atomic mass is 9.89. The minimum Gasteiger partial charge on any atom is -0.384 e. The summed E-state index contributed by atoms with van der Waals surface area (Å²) in [6.07, 6.45) is 5.58. The Morgan fingerprint density at radius 1 is 1.15 bits per heavy atom. The number of nitrogens with zero attached hydrogens (tertiary/aromatic N) is 1. The fourth-order valence-corrected chi connectivity index (χ4v) is 2.22. The van der Waals surface area contributed by atoms with Gasteiger partial charge in [0.1, 0.15) is 5.69 Å². The lowest BCUT2D eigenvalue weighted by Gasteiger charge is -2.31. The van der Waals surface area contributed by atoms with Gasteiger partial charge in [-0.05, 0) is 37.8 Å². The number of carbonyl (C=O) groups is 1. The highest BCUT2D eigenvalue weighted by Crippen LogP contribution is 2.20. The molecule has 1 aromatic rings. The molecule has 0 aromatic carbocycles. The fraction of sp³-hybridized carbons (Fsp3) is 0.625. The van der Waals surface area contributed by atoms with Crippen LogP contribution in [0.2, 0.25) is 0 Å². The van der Waals surface area contributed by atoms with E-state index in [4.69, 9.17) is 0 Å². The van der Waals surface area contributed by atoms with Gasteiger partial charge >= 0.3 is 0 Å². The van der Waals surface area contributed by atoms with E-state index in [2.05, 4.69) is 43.3 Å². The number of anilines is 1. The van der Waals surface area contributed by atoms with E-state index in [9.17, 15) is 4.79 Å². The van der Waals surface area contributed by atoms with Gasteiger partial charge in [-0.3, -0.25) is 4.79 Å². The van der Waals surface area contributed by atoms with Crippen molar-refractivity contribution in [2.75, 3.05) is 11.9 Å². The predicted molar refractivity (Wildman–Crippen MR) is 84.1 cm³/mol. The van der Waals surface area contributed by atoms with Crippen LogP contribution in [0.25, 0.3) is 0 Å². The van der Waals surface area contributed by atoms with Crippen molar-refractivity contribution in [1.82, 2.24) is 10.3 Å². The second-order valence-corrected chi connectivity index (χ2v) is 5.15. The molecule has 0 aliphatic carbocycles. The van der Waals surface area contributed by atoms with Crippen LogP contribution < -0.4 is 10.6 Å². The quantitative estimate of drug-likeness (QED) is 0.763. The van der Waals surface area contributed by atoms with E-state index in [1.54, 1.807) is 12.3 Å². The Bertz CT molecular complexity index is 402. The Labute approximate surface area is 122 Å². The Morgan fingerprint density at radius 3 is 2.25 bits per heavy atom. The van der Waals surface area contributed by atoms with Crippen molar-refractivity contribution in [2.24, 2.45) is 0 Å². The van der Waals surface area contributed by atoms with Crippen molar-refractivity contribution in [3.8, 4) is 0 Å². The number of carbonyl (C=O) groups excluding carboxylic acids is 1. The highest BCUT2D eigenvalue weighted by atomic mass is 16.2. The van der Waals surface area contributed by atoms with Gasteiger partial charge in [0.25, 0.3) is 5.91 Å². The third-order valence-corrected chi connectivity index (χ3v) is 3.98. The molecule has 0 saturated carbocycles. The fourth-order valence-electron chi connectivity index (χ4n) is 2.22. The molecular formula is C16H27N3O. The van der Waals surface area contributed by atoms with Crippen LogP contribution in [-0.4, -0.2) is 23.0 Å². The first-order chi connectivity index (χ1) is 9.60. The van der Waals surface area contributed by atoms with Crippen LogP contribution >= 0.6 is 0 Å². The minimum atomic E-state index is -0.113. The van der Waals surface area contributed by atoms with Crippen LogP contribution in [0.4, 0.5) is 5.69 Å². The zero-order valence-corrected chi connectivity index (χ0v) is 13.1. The average Bonchev–Trinajstić information content (AvgIpc) is 2.51. The van der Waals surface area contributed by atoms with Gasteiger partial charge in [0.05, 0.1) is 11.9 Å². The molecule has 0 spiro atoms. The summed E-state index contributed by atoms with van der Waals surface area (Å²) in [5.74, 6) is -0.0856. The maximum Gasteiger partial charge on any atom is 0.270 e. The molecule has 20 heavy (non-hydrogen) atoms. The lowest BCUT2D eigenvalue weighted by Crippen LogP contribution is -2.47. The zero-order valence-electron chi connectivity index (χ0n) is 13.1. The molecular weight excluding hydrogens is 250 g/mol. The first kappa shape index (κ1) is 16.5. The summed E-state index contributed by atoms with van der Waals surface area (Å²) in [5.41, 5.74) is 1.32. The molecule has 112 valence electrons. The van der Waals surface area contributed by atoms with Gasteiger partial charge in [-0.1, -0.05) is 27.7 Å². The van der Waals surface area contributed by atoms with Crippen molar-refractivity contribution in [1.29, 1.82) is 0 Å². The monoisotopic (exact) mass is 277 g/mol. The van der Waals surface area contributed by atoms with Gasteiger partial charge in [0, 0.05) is 12.1 Å². The number of aromatic nitrogens is 1. The Morgan fingerprint density at radius 2 is 1.80 bits per heavy atom. The standard InChI is InChI=1S/C16H27N3O/c1-5-11-17-13-9-10-14(18-12-13)15(20)19-16(6-2,7-3)8-4/h9-10,12,17H,5-8,11H2,1-4H3,(H,19,20). The number of pyridine rings is 1. The summed E-state index contributed by atoms with van der Waals surface area (Å²) in [4.78, 5) is 16.5. The second kappa shape index (κ2) is 7.88. The van der Waals surface area contributed by atoms with E-state index >= 15 is 0 Å². The summed E-state index contributed by atoms with van der Waals surface area (Å²) in [6, 6.07) is 3.68. The van der Waals surface area contributed by atoms with Crippen LogP contribution in [0.3, 0.4) is 0 Å². The molecule has 1 rings (SSSR count). The molecule has 0 unspecified atom stereocenters. The molecule has 1 heterocycles. The van der Waals surface area contributed by atoms with E-state index in [0.717, 1.165) is 37.9 Å². The lowest BCUT2D eigenvalue weighted by molar-refractivity contribution is 0.0883. The highest BCUT2D eigenvalue weighted by molar-refractivity contribution is 5.93. The second-order valence-electron chi connectivity index (χ2n) is 5.15. The first-order valence-electron chi connectivity index (χ1n) is 7.63. The first-order valence-corrected chi connectivity index (χ1v) is 7.63. The summed E-state index contributed by atoms with van der Waals surface area (Å²) < 4.78 is 0. The third-order valence-electron chi connectivity index (χ3n) is 3.98. The zero-order chi connectivity index (χ0) is 15.0. The maximum absolute atomic E-state index is 12.3. The topological polar surface area (TPSA) is 54.0 Å². The normalized spacial score (nSPS) is 11.2. The molecule has 0 aliphatic heterocycles. The van der Waals surface area contributed by atoms with Crippen molar-refractivity contribution in [2.45, 2.75) is 58.9 Å². The highest BCUT2D eigenvalue weighted by Gasteiger charge is 2.26. The molecule has 4 nitrogen and oxygen atoms in total. The number of nitrogens with one attached hydrogen (secondary N) is 2. The van der Waals surface area contributed by atoms with E-state index in [1.807, 2.05) is 6.07 Å². The minimum absolute atomic E-state index is 0.0856. The largest absolute Gasteiger partial charge is 0.384 e. The van der Waals surface area contributed by atoms with Crippen molar-refractivity contribution >= 4 is 11.6 Å². The summed E-state index contributed by atoms with van der Waals surface area (Å²) in [7, 11) is 0. The molecule has 0 radical (unpaired) electrons. The Balaban J connectivity index is 2.72. The van der Waals surface area contributed by atoms with Gasteiger partial charge in [-0.25, -0.2) is 4.98 Å². The Kier molecular flexibility index (Phi) is 6.49. The third kappa shape index (κ3) is 4.22. The smallest absolute Gasteiger partial charge is 0.270 e.